The van der Waals surface area contributed by atoms with Gasteiger partial charge in [-0.05, 0) is 77.0 Å². The van der Waals surface area contributed by atoms with Crippen LogP contribution < -0.4 is 5.32 Å². The first-order chi connectivity index (χ1) is 53.3. The molecular formula is C90H159NO18. The number of hydrogen-bond acceptors (Lipinski definition) is 18. The van der Waals surface area contributed by atoms with Gasteiger partial charge in [0.15, 0.2) is 18.9 Å². The molecule has 0 aromatic rings. The molecule has 3 fully saturated rings. The summed E-state index contributed by atoms with van der Waals surface area (Å²) in [6.45, 7) is 1.66. The summed E-state index contributed by atoms with van der Waals surface area (Å²) in [5.41, 5.74) is 0. The van der Waals surface area contributed by atoms with Crippen LogP contribution in [-0.2, 0) is 33.2 Å². The number of aliphatic hydroxyl groups excluding tert-OH is 11. The Morgan fingerprint density at radius 3 is 0.991 bits per heavy atom. The number of amides is 1. The molecule has 0 spiro atoms. The molecule has 0 aromatic heterocycles. The molecule has 19 nitrogen and oxygen atoms in total. The van der Waals surface area contributed by atoms with Crippen molar-refractivity contribution < 1.29 is 89.4 Å². The van der Waals surface area contributed by atoms with Crippen LogP contribution in [0.3, 0.4) is 0 Å². The third kappa shape index (κ3) is 48.0. The summed E-state index contributed by atoms with van der Waals surface area (Å²) in [5, 5.41) is 121. The molecule has 17 unspecified atom stereocenters. The number of carbonyl (C=O) groups excluding carboxylic acids is 1. The van der Waals surface area contributed by atoms with Gasteiger partial charge in [0.2, 0.25) is 5.91 Å². The maximum absolute atomic E-state index is 13.5. The Bertz CT molecular complexity index is 2340. The van der Waals surface area contributed by atoms with Gasteiger partial charge in [0, 0.05) is 6.42 Å². The Labute approximate surface area is 660 Å². The fourth-order valence-corrected chi connectivity index (χ4v) is 14.4. The highest BCUT2D eigenvalue weighted by Gasteiger charge is 2.54. The van der Waals surface area contributed by atoms with Crippen LogP contribution in [0.5, 0.6) is 0 Å². The van der Waals surface area contributed by atoms with Gasteiger partial charge in [-0.15, -0.1) is 0 Å². The number of unbranched alkanes of at least 4 members (excludes halogenated alkanes) is 40. The maximum Gasteiger partial charge on any atom is 0.220 e. The topological polar surface area (TPSA) is 307 Å². The molecule has 109 heavy (non-hydrogen) atoms. The predicted molar refractivity (Wildman–Crippen MR) is 438 cm³/mol. The van der Waals surface area contributed by atoms with Crippen molar-refractivity contribution >= 4 is 5.91 Å². The number of hydrogen-bond donors (Lipinski definition) is 12. The molecule has 17 atom stereocenters. The number of ether oxygens (including phenoxy) is 6. The lowest BCUT2D eigenvalue weighted by atomic mass is 9.96. The van der Waals surface area contributed by atoms with E-state index >= 15 is 0 Å². The van der Waals surface area contributed by atoms with Crippen LogP contribution in [0.1, 0.15) is 335 Å². The molecule has 0 aliphatic carbocycles. The molecule has 0 saturated carbocycles. The smallest absolute Gasteiger partial charge is 0.220 e. The second-order valence-corrected chi connectivity index (χ2v) is 31.0. The zero-order valence-electron chi connectivity index (χ0n) is 68.0. The van der Waals surface area contributed by atoms with E-state index in [1.165, 1.54) is 205 Å². The first kappa shape index (κ1) is 99.9. The van der Waals surface area contributed by atoms with E-state index in [-0.39, 0.29) is 18.9 Å². The van der Waals surface area contributed by atoms with E-state index in [0.29, 0.717) is 6.42 Å². The zero-order valence-corrected chi connectivity index (χ0v) is 68.0. The van der Waals surface area contributed by atoms with Gasteiger partial charge in [-0.3, -0.25) is 4.79 Å². The lowest BCUT2D eigenvalue weighted by molar-refractivity contribution is -0.379. The van der Waals surface area contributed by atoms with E-state index in [2.05, 4.69) is 104 Å². The van der Waals surface area contributed by atoms with Crippen LogP contribution >= 0.6 is 0 Å². The molecule has 632 valence electrons. The van der Waals surface area contributed by atoms with Crippen LogP contribution in [-0.4, -0.2) is 193 Å². The highest BCUT2D eigenvalue weighted by atomic mass is 16.8. The third-order valence-electron chi connectivity index (χ3n) is 21.4. The molecule has 0 bridgehead atoms. The summed E-state index contributed by atoms with van der Waals surface area (Å²) < 4.78 is 34.5. The van der Waals surface area contributed by atoms with Crippen molar-refractivity contribution in [1.29, 1.82) is 0 Å². The maximum atomic E-state index is 13.5. The summed E-state index contributed by atoms with van der Waals surface area (Å²) in [4.78, 5) is 13.5. The first-order valence-corrected chi connectivity index (χ1v) is 44.0. The van der Waals surface area contributed by atoms with Crippen molar-refractivity contribution in [1.82, 2.24) is 5.32 Å². The third-order valence-corrected chi connectivity index (χ3v) is 21.4. The van der Waals surface area contributed by atoms with E-state index in [4.69, 9.17) is 28.4 Å². The Morgan fingerprint density at radius 1 is 0.339 bits per heavy atom. The van der Waals surface area contributed by atoms with Crippen molar-refractivity contribution in [3.05, 3.63) is 97.2 Å². The van der Waals surface area contributed by atoms with Crippen LogP contribution in [0.15, 0.2) is 97.2 Å². The minimum Gasteiger partial charge on any atom is -0.394 e. The normalized spacial score (nSPS) is 25.8. The van der Waals surface area contributed by atoms with Crippen molar-refractivity contribution in [2.45, 2.75) is 439 Å². The van der Waals surface area contributed by atoms with Gasteiger partial charge >= 0.3 is 0 Å². The fourth-order valence-electron chi connectivity index (χ4n) is 14.4. The first-order valence-electron chi connectivity index (χ1n) is 44.0. The summed E-state index contributed by atoms with van der Waals surface area (Å²) in [6.07, 6.45) is 68.2. The lowest BCUT2D eigenvalue weighted by Gasteiger charge is -2.48. The monoisotopic (exact) mass is 1540 g/mol. The lowest BCUT2D eigenvalue weighted by Crippen LogP contribution is -2.66. The molecule has 1 amide bonds. The van der Waals surface area contributed by atoms with Crippen molar-refractivity contribution in [2.75, 3.05) is 26.4 Å². The van der Waals surface area contributed by atoms with Crippen LogP contribution in [0, 0.1) is 0 Å². The van der Waals surface area contributed by atoms with Crippen molar-refractivity contribution in [3.63, 3.8) is 0 Å². The van der Waals surface area contributed by atoms with Crippen molar-refractivity contribution in [3.8, 4) is 0 Å². The second-order valence-electron chi connectivity index (χ2n) is 31.0. The molecule has 12 N–H and O–H groups in total. The molecule has 3 aliphatic heterocycles. The number of nitrogens with one attached hydrogen (secondary N) is 1. The Kier molecular flexibility index (Phi) is 63.3. The Hall–Kier alpha value is -3.29. The standard InChI is InChI=1S/C90H159NO18/c1-3-5-7-9-11-13-15-17-19-21-23-25-27-29-31-33-35-36-38-40-42-44-46-48-50-52-54-56-58-60-62-64-66-68-78(96)91-73(74(95)67-65-63-61-59-57-55-53-51-49-47-45-43-41-39-37-34-32-30-28-26-24-22-20-18-16-14-12-10-8-6-4-2)72-104-88-84(102)81(99)86(76(70-93)106-88)109-90-85(103)82(100)87(77(71-94)107-90)108-89-83(101)80(98)79(97)75(69-92)105-89/h5,7,11,13,17,19,23,25,29,31,35-36,40,42,65,67,73-77,79-90,92-95,97-103H,3-4,6,8-10,12,14-16,18,20-22,24,26-28,30,32-34,37-39,41,43-64,66,68-72H2,1-2H3,(H,91,96)/b7-5-,13-11-,19-17-,25-23-,31-29-,36-35-,42-40-,67-65+. The van der Waals surface area contributed by atoms with Gasteiger partial charge < -0.3 is 89.9 Å². The number of rotatable bonds is 70. The summed E-state index contributed by atoms with van der Waals surface area (Å²) in [6, 6.07) is -0.983. The average Bonchev–Trinajstić information content (AvgIpc) is 0.782. The highest BCUT2D eigenvalue weighted by molar-refractivity contribution is 5.76. The van der Waals surface area contributed by atoms with E-state index in [1.807, 2.05) is 6.08 Å². The summed E-state index contributed by atoms with van der Waals surface area (Å²) >= 11 is 0. The number of carbonyl (C=O) groups is 1. The Morgan fingerprint density at radius 2 is 0.633 bits per heavy atom. The molecule has 0 radical (unpaired) electrons. The highest BCUT2D eigenvalue weighted by Crippen LogP contribution is 2.33. The minimum absolute atomic E-state index is 0.235. The van der Waals surface area contributed by atoms with Crippen LogP contribution in [0.2, 0.25) is 0 Å². The molecule has 0 aromatic carbocycles. The van der Waals surface area contributed by atoms with Gasteiger partial charge in [-0.25, -0.2) is 0 Å². The zero-order chi connectivity index (χ0) is 78.8. The van der Waals surface area contributed by atoms with Gasteiger partial charge in [0.25, 0.3) is 0 Å². The van der Waals surface area contributed by atoms with Gasteiger partial charge in [0.1, 0.15) is 73.2 Å². The van der Waals surface area contributed by atoms with Crippen LogP contribution in [0.4, 0.5) is 0 Å². The quantitative estimate of drug-likeness (QED) is 0.0199. The molecule has 3 rings (SSSR count). The van der Waals surface area contributed by atoms with Gasteiger partial charge in [-0.2, -0.15) is 0 Å². The van der Waals surface area contributed by atoms with Gasteiger partial charge in [-0.1, -0.05) is 349 Å². The van der Waals surface area contributed by atoms with E-state index in [9.17, 15) is 61.0 Å². The number of aliphatic hydroxyl groups is 11. The molecule has 3 saturated heterocycles. The summed E-state index contributed by atoms with van der Waals surface area (Å²) in [7, 11) is 0. The summed E-state index contributed by atoms with van der Waals surface area (Å²) in [5.74, 6) is -0.278. The molecule has 3 heterocycles. The van der Waals surface area contributed by atoms with E-state index < -0.39 is 124 Å². The van der Waals surface area contributed by atoms with Crippen LogP contribution in [0.25, 0.3) is 0 Å². The molecule has 3 aliphatic rings. The second kappa shape index (κ2) is 69.1. The number of allylic oxidation sites excluding steroid dienone is 15. The SMILES string of the molecule is CC/C=C\C/C=C\C/C=C\C/C=C\C/C=C\C/C=C\C/C=C\CCCCCCCCCCCCCC(=O)NC(COC1OC(CO)C(OC2OC(CO)C(OC3OC(CO)C(O)C(O)C3O)C(O)C2O)C(O)C1O)C(O)/C=C/CCCCCCCCCCCCCCCCCCCCCCCCCCCCCCC. The predicted octanol–water partition coefficient (Wildman–Crippen LogP) is 16.3. The molecule has 19 heteroatoms. The van der Waals surface area contributed by atoms with Gasteiger partial charge in [0.05, 0.1) is 38.6 Å². The average molecular weight is 1540 g/mol. The largest absolute Gasteiger partial charge is 0.394 e. The van der Waals surface area contributed by atoms with Crippen molar-refractivity contribution in [2.24, 2.45) is 0 Å². The fraction of sp³-hybridized carbons (Fsp3) is 0.811. The molecular weight excluding hydrogens is 1380 g/mol. The van der Waals surface area contributed by atoms with E-state index in [1.54, 1.807) is 6.08 Å². The minimum atomic E-state index is -1.98. The Balaban J connectivity index is 1.35. The van der Waals surface area contributed by atoms with E-state index in [0.717, 1.165) is 103 Å².